The molecule has 19 heavy (non-hydrogen) atoms. The SMILES string of the molecule is CCC1C[NH+](CCC(=O)c2ccccc2)CCS1.[Cl-]. The van der Waals surface area contributed by atoms with E-state index in [0.29, 0.717) is 6.42 Å². The van der Waals surface area contributed by atoms with Crippen molar-refractivity contribution in [2.45, 2.75) is 25.0 Å². The molecular formula is C15H22ClNOS. The van der Waals surface area contributed by atoms with Crippen molar-refractivity contribution in [3.05, 3.63) is 35.9 Å². The predicted octanol–water partition coefficient (Wildman–Crippen LogP) is -1.33. The van der Waals surface area contributed by atoms with Crippen LogP contribution in [0.2, 0.25) is 0 Å². The maximum atomic E-state index is 12.0. The first-order valence-electron chi connectivity index (χ1n) is 6.83. The molecule has 1 aliphatic rings. The van der Waals surface area contributed by atoms with Crippen LogP contribution in [0.15, 0.2) is 30.3 Å². The van der Waals surface area contributed by atoms with Crippen LogP contribution in [0.5, 0.6) is 0 Å². The van der Waals surface area contributed by atoms with Crippen LogP contribution in [-0.2, 0) is 0 Å². The number of thioether (sulfide) groups is 1. The van der Waals surface area contributed by atoms with E-state index in [0.717, 1.165) is 17.4 Å². The van der Waals surface area contributed by atoms with Crippen LogP contribution in [0.4, 0.5) is 0 Å². The van der Waals surface area contributed by atoms with Crippen LogP contribution < -0.4 is 17.3 Å². The highest BCUT2D eigenvalue weighted by Crippen LogP contribution is 2.14. The van der Waals surface area contributed by atoms with E-state index in [2.05, 4.69) is 18.7 Å². The number of halogens is 1. The molecule has 0 saturated carbocycles. The van der Waals surface area contributed by atoms with Crippen molar-refractivity contribution in [2.75, 3.05) is 25.4 Å². The third-order valence-corrected chi connectivity index (χ3v) is 4.99. The zero-order chi connectivity index (χ0) is 12.8. The van der Waals surface area contributed by atoms with E-state index in [4.69, 9.17) is 0 Å². The summed E-state index contributed by atoms with van der Waals surface area (Å²) in [5.74, 6) is 1.53. The average molecular weight is 300 g/mol. The Bertz CT molecular complexity index is 385. The minimum Gasteiger partial charge on any atom is -1.00 e. The average Bonchev–Trinajstić information content (AvgIpc) is 2.46. The first-order valence-corrected chi connectivity index (χ1v) is 7.88. The summed E-state index contributed by atoms with van der Waals surface area (Å²) in [6.45, 7) is 5.69. The number of nitrogens with one attached hydrogen (secondary N) is 1. The molecule has 1 aliphatic heterocycles. The standard InChI is InChI=1S/C15H21NOS.ClH/c1-2-14-12-16(10-11-18-14)9-8-15(17)13-6-4-3-5-7-13;/h3-7,14H,2,8-12H2,1H3;1H. The molecule has 1 saturated heterocycles. The summed E-state index contributed by atoms with van der Waals surface area (Å²) < 4.78 is 0. The molecule has 2 rings (SSSR count). The third-order valence-electron chi connectivity index (χ3n) is 3.58. The van der Waals surface area contributed by atoms with Crippen molar-refractivity contribution in [1.82, 2.24) is 0 Å². The lowest BCUT2D eigenvalue weighted by atomic mass is 10.1. The fourth-order valence-electron chi connectivity index (χ4n) is 2.40. The van der Waals surface area contributed by atoms with Crippen molar-refractivity contribution in [2.24, 2.45) is 0 Å². The van der Waals surface area contributed by atoms with E-state index in [1.54, 1.807) is 4.90 Å². The number of hydrogen-bond acceptors (Lipinski definition) is 2. The van der Waals surface area contributed by atoms with Gasteiger partial charge in [-0.1, -0.05) is 37.3 Å². The summed E-state index contributed by atoms with van der Waals surface area (Å²) in [6, 6.07) is 9.66. The Balaban J connectivity index is 0.00000180. The molecule has 0 amide bonds. The molecule has 1 aromatic carbocycles. The minimum atomic E-state index is 0. The van der Waals surface area contributed by atoms with Crippen molar-refractivity contribution in [3.63, 3.8) is 0 Å². The van der Waals surface area contributed by atoms with Gasteiger partial charge in [0.05, 0.1) is 31.3 Å². The number of quaternary nitrogens is 1. The molecule has 1 fully saturated rings. The molecule has 0 spiro atoms. The van der Waals surface area contributed by atoms with Gasteiger partial charge < -0.3 is 17.3 Å². The lowest BCUT2D eigenvalue weighted by Crippen LogP contribution is -3.14. The largest absolute Gasteiger partial charge is 1.00 e. The highest BCUT2D eigenvalue weighted by molar-refractivity contribution is 7.99. The Labute approximate surface area is 126 Å². The second kappa shape index (κ2) is 8.62. The first kappa shape index (κ1) is 16.5. The van der Waals surface area contributed by atoms with E-state index >= 15 is 0 Å². The second-order valence-corrected chi connectivity index (χ2v) is 6.30. The quantitative estimate of drug-likeness (QED) is 0.681. The second-order valence-electron chi connectivity index (χ2n) is 4.89. The molecule has 1 N–H and O–H groups in total. The van der Waals surface area contributed by atoms with Crippen molar-refractivity contribution in [3.8, 4) is 0 Å². The smallest absolute Gasteiger partial charge is 0.168 e. The van der Waals surface area contributed by atoms with Crippen LogP contribution in [0.3, 0.4) is 0 Å². The lowest BCUT2D eigenvalue weighted by Gasteiger charge is -2.28. The summed E-state index contributed by atoms with van der Waals surface area (Å²) in [6.07, 6.45) is 1.93. The number of Topliss-reactive ketones (excluding diaryl/α,β-unsaturated/α-hetero) is 1. The molecule has 2 atom stereocenters. The van der Waals surface area contributed by atoms with Gasteiger partial charge in [0, 0.05) is 11.3 Å². The summed E-state index contributed by atoms with van der Waals surface area (Å²) in [5.41, 5.74) is 0.857. The Morgan fingerprint density at radius 1 is 1.37 bits per heavy atom. The number of hydrogen-bond donors (Lipinski definition) is 1. The fourth-order valence-corrected chi connectivity index (χ4v) is 3.73. The fraction of sp³-hybridized carbons (Fsp3) is 0.533. The van der Waals surface area contributed by atoms with Crippen molar-refractivity contribution in [1.29, 1.82) is 0 Å². The Kier molecular flexibility index (Phi) is 7.51. The number of carbonyl (C=O) groups excluding carboxylic acids is 1. The first-order chi connectivity index (χ1) is 8.79. The Hall–Kier alpha value is -0.510. The van der Waals surface area contributed by atoms with Crippen LogP contribution in [0, 0.1) is 0 Å². The highest BCUT2D eigenvalue weighted by Gasteiger charge is 2.22. The molecular weight excluding hydrogens is 278 g/mol. The number of rotatable bonds is 5. The summed E-state index contributed by atoms with van der Waals surface area (Å²) >= 11 is 2.09. The van der Waals surface area contributed by atoms with Gasteiger partial charge >= 0.3 is 0 Å². The molecule has 2 unspecified atom stereocenters. The maximum absolute atomic E-state index is 12.0. The third kappa shape index (κ3) is 5.17. The van der Waals surface area contributed by atoms with Crippen LogP contribution in [0.25, 0.3) is 0 Å². The maximum Gasteiger partial charge on any atom is 0.168 e. The molecule has 0 aromatic heterocycles. The van der Waals surface area contributed by atoms with Gasteiger partial charge in [0.2, 0.25) is 0 Å². The van der Waals surface area contributed by atoms with Crippen molar-refractivity contribution >= 4 is 17.5 Å². The zero-order valence-corrected chi connectivity index (χ0v) is 13.0. The zero-order valence-electron chi connectivity index (χ0n) is 11.4. The highest BCUT2D eigenvalue weighted by atomic mass is 35.5. The molecule has 0 bridgehead atoms. The summed E-state index contributed by atoms with van der Waals surface area (Å²) in [7, 11) is 0. The summed E-state index contributed by atoms with van der Waals surface area (Å²) in [4.78, 5) is 13.6. The van der Waals surface area contributed by atoms with E-state index < -0.39 is 0 Å². The van der Waals surface area contributed by atoms with Gasteiger partial charge in [-0.25, -0.2) is 0 Å². The topological polar surface area (TPSA) is 21.5 Å². The van der Waals surface area contributed by atoms with Crippen molar-refractivity contribution < 1.29 is 22.1 Å². The van der Waals surface area contributed by atoms with Gasteiger partial charge in [-0.05, 0) is 6.42 Å². The molecule has 2 nitrogen and oxygen atoms in total. The van der Waals surface area contributed by atoms with Gasteiger partial charge in [-0.15, -0.1) is 11.8 Å². The van der Waals surface area contributed by atoms with Crippen LogP contribution in [-0.4, -0.2) is 36.4 Å². The normalized spacial score (nSPS) is 22.6. The molecule has 1 heterocycles. The van der Waals surface area contributed by atoms with E-state index in [1.807, 2.05) is 30.3 Å². The molecule has 0 radical (unpaired) electrons. The van der Waals surface area contributed by atoms with E-state index in [9.17, 15) is 4.79 Å². The predicted molar refractivity (Wildman–Crippen MR) is 77.5 cm³/mol. The molecule has 0 aliphatic carbocycles. The Morgan fingerprint density at radius 3 is 2.79 bits per heavy atom. The number of carbonyl (C=O) groups is 1. The Morgan fingerprint density at radius 2 is 2.11 bits per heavy atom. The van der Waals surface area contributed by atoms with Crippen LogP contribution >= 0.6 is 11.8 Å². The van der Waals surface area contributed by atoms with Gasteiger partial charge in [0.1, 0.15) is 0 Å². The molecule has 4 heteroatoms. The lowest BCUT2D eigenvalue weighted by molar-refractivity contribution is -0.897. The van der Waals surface area contributed by atoms with E-state index in [-0.39, 0.29) is 18.2 Å². The van der Waals surface area contributed by atoms with Gasteiger partial charge in [0.25, 0.3) is 0 Å². The van der Waals surface area contributed by atoms with Crippen LogP contribution in [0.1, 0.15) is 30.1 Å². The monoisotopic (exact) mass is 299 g/mol. The number of benzene rings is 1. The molecule has 106 valence electrons. The summed E-state index contributed by atoms with van der Waals surface area (Å²) in [5, 5.41) is 0.792. The van der Waals surface area contributed by atoms with Gasteiger partial charge in [-0.3, -0.25) is 4.79 Å². The van der Waals surface area contributed by atoms with Gasteiger partial charge in [0.15, 0.2) is 5.78 Å². The van der Waals surface area contributed by atoms with Gasteiger partial charge in [-0.2, -0.15) is 0 Å². The molecule has 1 aromatic rings. The van der Waals surface area contributed by atoms with E-state index in [1.165, 1.54) is 25.3 Å². The minimum absolute atomic E-state index is 0. The number of ketones is 1.